The molecular formula is C24H35N3O2. The number of hydrogen-bond donors (Lipinski definition) is 3. The Kier molecular flexibility index (Phi) is 5.69. The van der Waals surface area contributed by atoms with Gasteiger partial charge in [-0.3, -0.25) is 9.79 Å². The van der Waals surface area contributed by atoms with Crippen LogP contribution in [-0.4, -0.2) is 27.6 Å². The van der Waals surface area contributed by atoms with Gasteiger partial charge in [0.05, 0.1) is 22.6 Å². The number of H-pyrrole nitrogens is 1. The van der Waals surface area contributed by atoms with Crippen LogP contribution in [0.3, 0.4) is 0 Å². The highest BCUT2D eigenvalue weighted by molar-refractivity contribution is 5.94. The number of carbonyl (C=O) groups excluding carboxylic acids is 1. The number of carbonyl (C=O) groups is 1. The lowest BCUT2D eigenvalue weighted by atomic mass is 9.77. The first-order valence-electron chi connectivity index (χ1n) is 11.4. The molecule has 1 amide bonds. The van der Waals surface area contributed by atoms with Crippen LogP contribution in [0.25, 0.3) is 6.08 Å². The van der Waals surface area contributed by atoms with Gasteiger partial charge in [-0.2, -0.15) is 0 Å². The van der Waals surface area contributed by atoms with Crippen LogP contribution in [0.15, 0.2) is 23.0 Å². The third-order valence-electron chi connectivity index (χ3n) is 6.77. The van der Waals surface area contributed by atoms with Gasteiger partial charge in [-0.25, -0.2) is 0 Å². The standard InChI is InChI=1S/C24H35N3O2/c1-4-15-12-19(16-10-11-16)26-21-18(14-25-20(21)13-15)23(28)27-22(24(2,3)29)17-8-6-5-7-9-17/h12-17,22,25,29H,4-11H2,1-3H3,(H,27,28). The second-order valence-corrected chi connectivity index (χ2v) is 9.68. The molecule has 3 aliphatic rings. The third-order valence-corrected chi connectivity index (χ3v) is 6.77. The third kappa shape index (κ3) is 4.50. The molecule has 5 nitrogen and oxygen atoms in total. The van der Waals surface area contributed by atoms with Crippen LogP contribution in [0.5, 0.6) is 0 Å². The van der Waals surface area contributed by atoms with Crippen molar-refractivity contribution in [3.05, 3.63) is 34.2 Å². The van der Waals surface area contributed by atoms with Crippen molar-refractivity contribution < 1.29 is 9.90 Å². The quantitative estimate of drug-likeness (QED) is 0.689. The zero-order valence-electron chi connectivity index (χ0n) is 18.0. The molecule has 2 fully saturated rings. The summed E-state index contributed by atoms with van der Waals surface area (Å²) in [5.41, 5.74) is 0.761. The Morgan fingerprint density at radius 1 is 1.24 bits per heavy atom. The van der Waals surface area contributed by atoms with Crippen LogP contribution in [0.1, 0.15) is 82.5 Å². The number of nitrogens with one attached hydrogen (secondary N) is 2. The maximum absolute atomic E-state index is 13.3. The maximum atomic E-state index is 13.3. The van der Waals surface area contributed by atoms with Gasteiger partial charge in [0, 0.05) is 17.8 Å². The first-order valence-corrected chi connectivity index (χ1v) is 11.4. The summed E-state index contributed by atoms with van der Waals surface area (Å²) in [7, 11) is 0. The van der Waals surface area contributed by atoms with Crippen molar-refractivity contribution in [3.63, 3.8) is 0 Å². The van der Waals surface area contributed by atoms with E-state index in [-0.39, 0.29) is 11.9 Å². The van der Waals surface area contributed by atoms with Crippen LogP contribution in [-0.2, 0) is 0 Å². The Hall–Kier alpha value is -1.88. The largest absolute Gasteiger partial charge is 0.388 e. The van der Waals surface area contributed by atoms with E-state index in [4.69, 9.17) is 4.99 Å². The van der Waals surface area contributed by atoms with E-state index >= 15 is 0 Å². The molecule has 1 aromatic heterocycles. The summed E-state index contributed by atoms with van der Waals surface area (Å²) in [5, 5.41) is 15.7. The van der Waals surface area contributed by atoms with E-state index in [1.54, 1.807) is 6.20 Å². The molecular weight excluding hydrogens is 362 g/mol. The highest BCUT2D eigenvalue weighted by atomic mass is 16.3. The summed E-state index contributed by atoms with van der Waals surface area (Å²) < 4.78 is 0. The van der Waals surface area contributed by atoms with E-state index in [1.807, 2.05) is 13.8 Å². The van der Waals surface area contributed by atoms with Crippen molar-refractivity contribution in [1.29, 1.82) is 0 Å². The number of aromatic amines is 1. The van der Waals surface area contributed by atoms with Crippen LogP contribution >= 0.6 is 0 Å². The Morgan fingerprint density at radius 2 is 1.97 bits per heavy atom. The highest BCUT2D eigenvalue weighted by Gasteiger charge is 2.36. The molecule has 1 aromatic rings. The van der Waals surface area contributed by atoms with Gasteiger partial charge in [0.2, 0.25) is 0 Å². The van der Waals surface area contributed by atoms with Gasteiger partial charge in [-0.05, 0) is 57.8 Å². The minimum absolute atomic E-state index is 0.137. The molecule has 0 saturated heterocycles. The molecule has 5 heteroatoms. The summed E-state index contributed by atoms with van der Waals surface area (Å²) in [5.74, 6) is 1.07. The van der Waals surface area contributed by atoms with E-state index in [2.05, 4.69) is 29.4 Å². The Bertz CT molecular complexity index is 896. The lowest BCUT2D eigenvalue weighted by Crippen LogP contribution is -2.54. The molecule has 0 spiro atoms. The van der Waals surface area contributed by atoms with Crippen molar-refractivity contribution >= 4 is 12.0 Å². The minimum atomic E-state index is -0.958. The van der Waals surface area contributed by atoms with Gasteiger partial charge in [-0.1, -0.05) is 38.3 Å². The highest BCUT2D eigenvalue weighted by Crippen LogP contribution is 2.38. The molecule has 2 unspecified atom stereocenters. The molecule has 1 aliphatic heterocycles. The Labute approximate surface area is 173 Å². The normalized spacial score (nSPS) is 23.9. The number of amides is 1. The van der Waals surface area contributed by atoms with Gasteiger partial charge in [0.15, 0.2) is 0 Å². The fourth-order valence-electron chi connectivity index (χ4n) is 4.90. The van der Waals surface area contributed by atoms with Gasteiger partial charge in [0.25, 0.3) is 5.91 Å². The smallest absolute Gasteiger partial charge is 0.255 e. The van der Waals surface area contributed by atoms with Crippen molar-refractivity contribution in [3.8, 4) is 0 Å². The lowest BCUT2D eigenvalue weighted by molar-refractivity contribution is 0.00689. The van der Waals surface area contributed by atoms with Crippen molar-refractivity contribution in [2.75, 3.05) is 0 Å². The molecule has 2 aliphatic carbocycles. The van der Waals surface area contributed by atoms with E-state index in [0.29, 0.717) is 23.3 Å². The van der Waals surface area contributed by atoms with Crippen molar-refractivity contribution in [1.82, 2.24) is 10.3 Å². The zero-order valence-corrected chi connectivity index (χ0v) is 18.0. The SMILES string of the molecule is CCC1C=C(C2CC2)N=c2c(C(=O)NC(C3CCCCC3)C(C)(C)O)c[nH]c2=C1. The summed E-state index contributed by atoms with van der Waals surface area (Å²) in [4.78, 5) is 21.5. The fourth-order valence-corrected chi connectivity index (χ4v) is 4.90. The number of aromatic nitrogens is 1. The summed E-state index contributed by atoms with van der Waals surface area (Å²) in [6, 6.07) is -0.252. The average Bonchev–Trinajstić information content (AvgIpc) is 3.49. The minimum Gasteiger partial charge on any atom is -0.388 e. The maximum Gasteiger partial charge on any atom is 0.255 e. The van der Waals surface area contributed by atoms with Crippen molar-refractivity contribution in [2.45, 2.75) is 83.8 Å². The molecule has 4 rings (SSSR count). The van der Waals surface area contributed by atoms with E-state index in [9.17, 15) is 9.90 Å². The molecule has 0 radical (unpaired) electrons. The second-order valence-electron chi connectivity index (χ2n) is 9.68. The van der Waals surface area contributed by atoms with Gasteiger partial charge in [-0.15, -0.1) is 0 Å². The van der Waals surface area contributed by atoms with Crippen LogP contribution in [0.4, 0.5) is 0 Å². The first kappa shape index (κ1) is 20.4. The van der Waals surface area contributed by atoms with Crippen molar-refractivity contribution in [2.24, 2.45) is 22.7 Å². The molecule has 2 atom stereocenters. The van der Waals surface area contributed by atoms with E-state index < -0.39 is 5.60 Å². The van der Waals surface area contributed by atoms with Crippen LogP contribution in [0.2, 0.25) is 0 Å². The number of allylic oxidation sites excluding steroid dienone is 2. The van der Waals surface area contributed by atoms with Gasteiger partial charge >= 0.3 is 0 Å². The van der Waals surface area contributed by atoms with Gasteiger partial charge < -0.3 is 15.4 Å². The molecule has 3 N–H and O–H groups in total. The van der Waals surface area contributed by atoms with Crippen LogP contribution in [0, 0.1) is 17.8 Å². The Morgan fingerprint density at radius 3 is 2.59 bits per heavy atom. The number of fused-ring (bicyclic) bond motifs is 1. The van der Waals surface area contributed by atoms with Gasteiger partial charge in [0.1, 0.15) is 5.36 Å². The zero-order chi connectivity index (χ0) is 20.6. The molecule has 2 heterocycles. The number of nitrogens with zero attached hydrogens (tertiary/aromatic N) is 1. The predicted octanol–water partition coefficient (Wildman–Crippen LogP) is 3.20. The first-order chi connectivity index (χ1) is 13.9. The molecule has 29 heavy (non-hydrogen) atoms. The lowest BCUT2D eigenvalue weighted by Gasteiger charge is -2.38. The molecule has 0 bridgehead atoms. The number of aliphatic hydroxyl groups is 1. The monoisotopic (exact) mass is 397 g/mol. The molecule has 0 aromatic carbocycles. The predicted molar refractivity (Wildman–Crippen MR) is 115 cm³/mol. The second kappa shape index (κ2) is 8.10. The topological polar surface area (TPSA) is 77.5 Å². The van der Waals surface area contributed by atoms with E-state index in [1.165, 1.54) is 32.1 Å². The summed E-state index contributed by atoms with van der Waals surface area (Å²) >= 11 is 0. The molecule has 2 saturated carbocycles. The summed E-state index contributed by atoms with van der Waals surface area (Å²) in [6.45, 7) is 5.80. The number of hydrogen-bond acceptors (Lipinski definition) is 3. The van der Waals surface area contributed by atoms with Crippen LogP contribution < -0.4 is 16.0 Å². The Balaban J connectivity index is 1.65. The fraction of sp³-hybridized carbons (Fsp3) is 0.667. The van der Waals surface area contributed by atoms with E-state index in [0.717, 1.165) is 35.7 Å². The average molecular weight is 398 g/mol. The molecule has 158 valence electrons. The number of rotatable bonds is 6. The summed E-state index contributed by atoms with van der Waals surface area (Å²) in [6.07, 6.45) is 15.4.